The Morgan fingerprint density at radius 2 is 1.43 bits per heavy atom. The van der Waals surface area contributed by atoms with Gasteiger partial charge in [-0.1, -0.05) is 41.5 Å². The van der Waals surface area contributed by atoms with Crippen LogP contribution in [0.1, 0.15) is 41.5 Å². The molecule has 1 atom stereocenters. The van der Waals surface area contributed by atoms with Crippen LogP contribution in [0, 0.1) is 0 Å². The van der Waals surface area contributed by atoms with Gasteiger partial charge in [-0.05, 0) is 40.3 Å². The number of hydrogen-bond donors (Lipinski definition) is 0. The fourth-order valence-electron chi connectivity index (χ4n) is 1.89. The summed E-state index contributed by atoms with van der Waals surface area (Å²) in [7, 11) is 0.295. The van der Waals surface area contributed by atoms with E-state index in [9.17, 15) is 0 Å². The van der Waals surface area contributed by atoms with Gasteiger partial charge in [0.1, 0.15) is 0 Å². The quantitative estimate of drug-likeness (QED) is 0.584. The van der Waals surface area contributed by atoms with E-state index in [2.05, 4.69) is 46.0 Å². The van der Waals surface area contributed by atoms with E-state index in [-0.39, 0.29) is 16.1 Å². The lowest BCUT2D eigenvalue weighted by Gasteiger charge is -2.38. The van der Waals surface area contributed by atoms with Crippen LogP contribution in [0.2, 0.25) is 0 Å². The normalized spacial score (nSPS) is 14.4. The van der Waals surface area contributed by atoms with Gasteiger partial charge in [0, 0.05) is 6.54 Å². The highest BCUT2D eigenvalue weighted by molar-refractivity contribution is 7.70. The lowest BCUT2D eigenvalue weighted by atomic mass is 10.6. The minimum absolute atomic E-state index is 0.130. The highest BCUT2D eigenvalue weighted by Gasteiger charge is 2.23. The van der Waals surface area contributed by atoms with Crippen molar-refractivity contribution in [2.45, 2.75) is 47.2 Å². The van der Waals surface area contributed by atoms with Crippen molar-refractivity contribution in [2.24, 2.45) is 0 Å². The molecule has 0 saturated carbocycles. The molecule has 0 saturated heterocycles. The van der Waals surface area contributed by atoms with Crippen LogP contribution in [0.5, 0.6) is 0 Å². The molecule has 0 bridgehead atoms. The maximum atomic E-state index is 2.83. The van der Waals surface area contributed by atoms with E-state index in [0.29, 0.717) is 0 Å². The highest BCUT2D eigenvalue weighted by Crippen LogP contribution is 2.57. The molecule has 86 valence electrons. The second-order valence-electron chi connectivity index (χ2n) is 3.68. The summed E-state index contributed by atoms with van der Waals surface area (Å²) in [6.45, 7) is 15.4. The number of nitrogens with zero attached hydrogens (tertiary/aromatic N) is 1. The van der Waals surface area contributed by atoms with Crippen LogP contribution < -0.4 is 0 Å². The van der Waals surface area contributed by atoms with Crippen molar-refractivity contribution in [1.29, 1.82) is 0 Å². The van der Waals surface area contributed by atoms with E-state index in [1.165, 1.54) is 25.0 Å². The molecule has 0 amide bonds. The van der Waals surface area contributed by atoms with E-state index in [0.717, 1.165) is 5.66 Å². The molecule has 0 heterocycles. The zero-order valence-corrected chi connectivity index (χ0v) is 12.5. The summed E-state index contributed by atoms with van der Waals surface area (Å²) in [4.78, 5) is 0. The Labute approximate surface area is 93.3 Å². The molecular formula is C11H27NP2. The molecule has 0 aromatic rings. The van der Waals surface area contributed by atoms with Gasteiger partial charge in [-0.25, -0.2) is 0 Å². The fraction of sp³-hybridized carbons (Fsp3) is 1.00. The second-order valence-corrected chi connectivity index (χ2v) is 9.78. The van der Waals surface area contributed by atoms with Gasteiger partial charge in [-0.3, -0.25) is 4.44 Å². The Hall–Kier alpha value is 0.820. The summed E-state index contributed by atoms with van der Waals surface area (Å²) < 4.78 is 2.83. The molecule has 14 heavy (non-hydrogen) atoms. The molecule has 3 heteroatoms. The Kier molecular flexibility index (Phi) is 8.50. The number of rotatable bonds is 7. The van der Waals surface area contributed by atoms with Gasteiger partial charge in [0.15, 0.2) is 0 Å². The van der Waals surface area contributed by atoms with Gasteiger partial charge in [0.2, 0.25) is 0 Å². The topological polar surface area (TPSA) is 3.24 Å². The average molecular weight is 235 g/mol. The van der Waals surface area contributed by atoms with E-state index in [1.54, 1.807) is 0 Å². The predicted octanol–water partition coefficient (Wildman–Crippen LogP) is 4.57. The van der Waals surface area contributed by atoms with Gasteiger partial charge in [-0.15, -0.1) is 0 Å². The van der Waals surface area contributed by atoms with Gasteiger partial charge in [-0.2, -0.15) is 0 Å². The van der Waals surface area contributed by atoms with Crippen LogP contribution in [0.25, 0.3) is 0 Å². The third-order valence-electron chi connectivity index (χ3n) is 2.56. The minimum Gasteiger partial charge on any atom is -0.260 e. The van der Waals surface area contributed by atoms with Crippen molar-refractivity contribution in [3.8, 4) is 0 Å². The molecule has 1 nitrogen and oxygen atoms in total. The molecular weight excluding hydrogens is 208 g/mol. The fourth-order valence-corrected chi connectivity index (χ4v) is 8.40. The third-order valence-corrected chi connectivity index (χ3v) is 9.12. The first kappa shape index (κ1) is 14.8. The zero-order chi connectivity index (χ0) is 11.1. The minimum atomic E-state index is 0.130. The van der Waals surface area contributed by atoms with E-state index in [1.807, 2.05) is 0 Å². The first-order chi connectivity index (χ1) is 6.62. The number of hydrogen-bond acceptors (Lipinski definition) is 1. The van der Waals surface area contributed by atoms with Crippen molar-refractivity contribution < 1.29 is 0 Å². The highest BCUT2D eigenvalue weighted by atomic mass is 31.2. The standard InChI is InChI=1S/C11H27NP2/c1-7-12(13(8-2)9-3)14(10-4)11(5)6/h11H,7-10H2,1-6H3. The Balaban J connectivity index is 4.48. The molecule has 0 radical (unpaired) electrons. The summed E-state index contributed by atoms with van der Waals surface area (Å²) >= 11 is 0. The predicted molar refractivity (Wildman–Crippen MR) is 73.0 cm³/mol. The van der Waals surface area contributed by atoms with E-state index in [4.69, 9.17) is 0 Å². The van der Waals surface area contributed by atoms with Crippen molar-refractivity contribution in [3.63, 3.8) is 0 Å². The summed E-state index contributed by atoms with van der Waals surface area (Å²) in [5.74, 6) is 0. The molecule has 0 spiro atoms. The second kappa shape index (κ2) is 8.03. The van der Waals surface area contributed by atoms with Crippen molar-refractivity contribution in [2.75, 3.05) is 25.0 Å². The van der Waals surface area contributed by atoms with Crippen molar-refractivity contribution in [1.82, 2.24) is 4.44 Å². The molecule has 0 aliphatic carbocycles. The maximum Gasteiger partial charge on any atom is 0.00334 e. The molecule has 0 N–H and O–H groups in total. The molecule has 0 aromatic heterocycles. The molecule has 1 unspecified atom stereocenters. The van der Waals surface area contributed by atoms with Gasteiger partial charge < -0.3 is 0 Å². The Morgan fingerprint density at radius 1 is 0.929 bits per heavy atom. The summed E-state index contributed by atoms with van der Waals surface area (Å²) in [5, 5.41) is 0. The molecule has 0 aliphatic heterocycles. The van der Waals surface area contributed by atoms with Crippen LogP contribution in [0.4, 0.5) is 0 Å². The van der Waals surface area contributed by atoms with Gasteiger partial charge in [0.05, 0.1) is 0 Å². The van der Waals surface area contributed by atoms with Crippen LogP contribution in [-0.4, -0.2) is 35.1 Å². The van der Waals surface area contributed by atoms with Crippen LogP contribution in [-0.2, 0) is 0 Å². The Bertz CT molecular complexity index is 135. The van der Waals surface area contributed by atoms with Crippen LogP contribution in [0.15, 0.2) is 0 Å². The molecule has 0 aromatic carbocycles. The zero-order valence-electron chi connectivity index (χ0n) is 10.7. The largest absolute Gasteiger partial charge is 0.260 e. The van der Waals surface area contributed by atoms with Crippen LogP contribution in [0.3, 0.4) is 0 Å². The van der Waals surface area contributed by atoms with Crippen molar-refractivity contribution >= 4 is 16.1 Å². The van der Waals surface area contributed by atoms with E-state index >= 15 is 0 Å². The maximum absolute atomic E-state index is 2.83. The summed E-state index contributed by atoms with van der Waals surface area (Å²) in [6, 6.07) is 0. The van der Waals surface area contributed by atoms with E-state index < -0.39 is 0 Å². The average Bonchev–Trinajstić information content (AvgIpc) is 2.17. The first-order valence-corrected chi connectivity index (χ1v) is 9.12. The van der Waals surface area contributed by atoms with Gasteiger partial charge >= 0.3 is 0 Å². The van der Waals surface area contributed by atoms with Crippen LogP contribution >= 0.6 is 16.1 Å². The lowest BCUT2D eigenvalue weighted by molar-refractivity contribution is 0.724. The Morgan fingerprint density at radius 3 is 1.64 bits per heavy atom. The smallest absolute Gasteiger partial charge is 0.00334 e. The monoisotopic (exact) mass is 235 g/mol. The molecule has 0 rings (SSSR count). The van der Waals surface area contributed by atoms with Crippen molar-refractivity contribution in [3.05, 3.63) is 0 Å². The first-order valence-electron chi connectivity index (χ1n) is 5.91. The van der Waals surface area contributed by atoms with Gasteiger partial charge in [0.25, 0.3) is 0 Å². The molecule has 0 aliphatic rings. The lowest BCUT2D eigenvalue weighted by Crippen LogP contribution is -2.19. The summed E-state index contributed by atoms with van der Waals surface area (Å²) in [6.07, 6.45) is 4.09. The third kappa shape index (κ3) is 4.13. The SMILES string of the molecule is CCN(P(CC)CC)P(CC)C(C)C. The molecule has 0 fully saturated rings. The summed E-state index contributed by atoms with van der Waals surface area (Å²) in [5.41, 5.74) is 0.859.